The summed E-state index contributed by atoms with van der Waals surface area (Å²) in [5.41, 5.74) is 8.51. The number of aromatic nitrogens is 2. The first-order valence-electron chi connectivity index (χ1n) is 11.5. The minimum atomic E-state index is -0.994. The minimum absolute atomic E-state index is 0.180. The Morgan fingerprint density at radius 3 is 2.43 bits per heavy atom. The number of anilines is 2. The molecule has 0 spiro atoms. The van der Waals surface area contributed by atoms with Crippen molar-refractivity contribution in [1.29, 1.82) is 5.41 Å². The summed E-state index contributed by atoms with van der Waals surface area (Å²) in [6.07, 6.45) is 5.89. The van der Waals surface area contributed by atoms with E-state index in [4.69, 9.17) is 43.8 Å². The predicted octanol–water partition coefficient (Wildman–Crippen LogP) is 4.35. The molecule has 1 aliphatic rings. The molecule has 37 heavy (non-hydrogen) atoms. The largest absolute Gasteiger partial charge is 0.493 e. The van der Waals surface area contributed by atoms with Gasteiger partial charge in [0, 0.05) is 73.4 Å². The van der Waals surface area contributed by atoms with E-state index in [2.05, 4.69) is 14.9 Å². The molecule has 1 aromatic carbocycles. The number of methoxy groups -OCH3 is 1. The fraction of sp³-hybridized carbons (Fsp3) is 0.320. The molecule has 1 unspecified atom stereocenters. The van der Waals surface area contributed by atoms with Gasteiger partial charge < -0.3 is 20.1 Å². The summed E-state index contributed by atoms with van der Waals surface area (Å²) in [5, 5.41) is 9.66. The second-order valence-corrected chi connectivity index (χ2v) is 10.7. The number of nitrogens with one attached hydrogen (secondary N) is 1. The lowest BCUT2D eigenvalue weighted by atomic mass is 10.0. The topological polar surface area (TPSA) is 118 Å². The Morgan fingerprint density at radius 2 is 1.81 bits per heavy atom. The van der Waals surface area contributed by atoms with Crippen molar-refractivity contribution in [2.45, 2.75) is 13.0 Å². The van der Waals surface area contributed by atoms with Crippen molar-refractivity contribution in [3.8, 4) is 11.5 Å². The molecule has 0 radical (unpaired) electrons. The number of nitrogens with zero attached hydrogens (tertiary/aromatic N) is 4. The van der Waals surface area contributed by atoms with Crippen LogP contribution in [0.4, 0.5) is 11.5 Å². The van der Waals surface area contributed by atoms with Crippen LogP contribution in [0.2, 0.25) is 10.0 Å². The van der Waals surface area contributed by atoms with Crippen molar-refractivity contribution in [3.05, 3.63) is 69.6 Å². The van der Waals surface area contributed by atoms with E-state index in [1.54, 1.807) is 43.8 Å². The Morgan fingerprint density at radius 1 is 1.14 bits per heavy atom. The normalized spacial score (nSPS) is 15.8. The van der Waals surface area contributed by atoms with Gasteiger partial charge in [0.25, 0.3) is 0 Å². The number of benzene rings is 1. The molecule has 1 saturated heterocycles. The third kappa shape index (κ3) is 5.98. The molecule has 2 aromatic heterocycles. The molecule has 196 valence electrons. The van der Waals surface area contributed by atoms with Gasteiger partial charge in [-0.25, -0.2) is 13.5 Å². The Hall–Kier alpha value is -2.92. The van der Waals surface area contributed by atoms with Gasteiger partial charge in [0.15, 0.2) is 11.6 Å². The van der Waals surface area contributed by atoms with Crippen molar-refractivity contribution in [2.24, 2.45) is 0 Å². The van der Waals surface area contributed by atoms with Crippen molar-refractivity contribution < 1.29 is 13.7 Å². The highest BCUT2D eigenvalue weighted by molar-refractivity contribution is 7.81. The quantitative estimate of drug-likeness (QED) is 0.309. The fourth-order valence-electron chi connectivity index (χ4n) is 4.17. The van der Waals surface area contributed by atoms with Gasteiger partial charge in [-0.15, -0.1) is 0 Å². The Kier molecular flexibility index (Phi) is 8.53. The van der Waals surface area contributed by atoms with Crippen LogP contribution in [0, 0.1) is 5.41 Å². The molecule has 0 saturated carbocycles. The number of ether oxygens (including phenoxy) is 2. The molecule has 1 fully saturated rings. The van der Waals surface area contributed by atoms with Gasteiger partial charge in [0.05, 0.1) is 33.9 Å². The molecule has 2 atom stereocenters. The Bertz CT molecular complexity index is 1310. The third-order valence-electron chi connectivity index (χ3n) is 6.15. The molecule has 9 nitrogen and oxygen atoms in total. The number of nitrogens with two attached hydrogens (primary N) is 1. The van der Waals surface area contributed by atoms with Crippen LogP contribution in [-0.2, 0) is 11.0 Å². The maximum atomic E-state index is 11.8. The molecule has 0 aliphatic carbocycles. The van der Waals surface area contributed by atoms with Crippen molar-refractivity contribution in [2.75, 3.05) is 50.2 Å². The van der Waals surface area contributed by atoms with E-state index in [1.165, 1.54) is 12.4 Å². The van der Waals surface area contributed by atoms with Gasteiger partial charge in [-0.05, 0) is 31.2 Å². The van der Waals surface area contributed by atoms with Gasteiger partial charge in [0.1, 0.15) is 11.9 Å². The molecular weight excluding hydrogens is 535 g/mol. The van der Waals surface area contributed by atoms with E-state index in [1.807, 2.05) is 11.2 Å². The number of piperazine rings is 1. The number of nitrogen functional groups attached to an aromatic ring is 1. The summed E-state index contributed by atoms with van der Waals surface area (Å²) in [6.45, 7) is 4.53. The minimum Gasteiger partial charge on any atom is -0.493 e. The fourth-order valence-corrected chi connectivity index (χ4v) is 5.52. The average Bonchev–Trinajstić information content (AvgIpc) is 2.89. The standard InChI is InChI=1S/C25H28Cl2N6O3S/c1-15(23-19(26)13-30-14-20(23)27)36-17-4-5-21(28)18(11-17)24(29)16-10-22(35-2)25(31-12-16)32-6-8-33(9-7-32)37(3)34/h4-5,10-15,29H,6-9,28H2,1-3H3/t15-,37?/m1/s1. The molecule has 3 N–H and O–H groups in total. The first kappa shape index (κ1) is 27.1. The lowest BCUT2D eigenvalue weighted by Crippen LogP contribution is -2.47. The molecular formula is C25H28Cl2N6O3S. The predicted molar refractivity (Wildman–Crippen MR) is 149 cm³/mol. The lowest BCUT2D eigenvalue weighted by molar-refractivity contribution is 0.227. The number of pyridine rings is 2. The van der Waals surface area contributed by atoms with E-state index in [0.29, 0.717) is 75.9 Å². The van der Waals surface area contributed by atoms with E-state index in [0.717, 1.165) is 0 Å². The summed E-state index contributed by atoms with van der Waals surface area (Å²) < 4.78 is 25.4. The Labute approximate surface area is 228 Å². The number of rotatable bonds is 8. The van der Waals surface area contributed by atoms with Gasteiger partial charge in [0.2, 0.25) is 0 Å². The van der Waals surface area contributed by atoms with E-state index in [-0.39, 0.29) is 5.71 Å². The van der Waals surface area contributed by atoms with Crippen LogP contribution in [0.5, 0.6) is 11.5 Å². The number of halogens is 2. The summed E-state index contributed by atoms with van der Waals surface area (Å²) in [5.74, 6) is 1.74. The van der Waals surface area contributed by atoms with Crippen LogP contribution in [0.3, 0.4) is 0 Å². The Balaban J connectivity index is 1.56. The highest BCUT2D eigenvalue weighted by Crippen LogP contribution is 2.34. The van der Waals surface area contributed by atoms with Crippen molar-refractivity contribution in [1.82, 2.24) is 14.3 Å². The highest BCUT2D eigenvalue weighted by atomic mass is 35.5. The van der Waals surface area contributed by atoms with Gasteiger partial charge in [-0.3, -0.25) is 10.4 Å². The third-order valence-corrected chi connectivity index (χ3v) is 7.84. The molecule has 3 heterocycles. The van der Waals surface area contributed by atoms with Crippen LogP contribution in [-0.4, -0.2) is 63.7 Å². The molecule has 1 aliphatic heterocycles. The van der Waals surface area contributed by atoms with Crippen LogP contribution >= 0.6 is 23.2 Å². The van der Waals surface area contributed by atoms with E-state index >= 15 is 0 Å². The van der Waals surface area contributed by atoms with Crippen molar-refractivity contribution in [3.63, 3.8) is 0 Å². The summed E-state index contributed by atoms with van der Waals surface area (Å²) in [6, 6.07) is 6.91. The maximum absolute atomic E-state index is 11.8. The molecule has 4 rings (SSSR count). The van der Waals surface area contributed by atoms with Gasteiger partial charge in [-0.2, -0.15) is 0 Å². The molecule has 0 bridgehead atoms. The molecule has 3 aromatic rings. The second-order valence-electron chi connectivity index (χ2n) is 8.49. The zero-order valence-electron chi connectivity index (χ0n) is 20.7. The average molecular weight is 564 g/mol. The summed E-state index contributed by atoms with van der Waals surface area (Å²) in [4.78, 5) is 10.7. The first-order chi connectivity index (χ1) is 17.7. The lowest BCUT2D eigenvalue weighted by Gasteiger charge is -2.34. The second kappa shape index (κ2) is 11.6. The zero-order valence-corrected chi connectivity index (χ0v) is 23.0. The van der Waals surface area contributed by atoms with Crippen LogP contribution in [0.15, 0.2) is 42.9 Å². The van der Waals surface area contributed by atoms with Crippen LogP contribution in [0.1, 0.15) is 29.7 Å². The molecule has 12 heteroatoms. The first-order valence-corrected chi connectivity index (χ1v) is 13.8. The van der Waals surface area contributed by atoms with Crippen LogP contribution in [0.25, 0.3) is 0 Å². The monoisotopic (exact) mass is 562 g/mol. The number of hydrogen-bond acceptors (Lipinski definition) is 8. The number of hydrogen-bond donors (Lipinski definition) is 2. The summed E-state index contributed by atoms with van der Waals surface area (Å²) >= 11 is 12.6. The van der Waals surface area contributed by atoms with Gasteiger partial charge in [-0.1, -0.05) is 23.2 Å². The molecule has 0 amide bonds. The SMILES string of the molecule is COc1cc(C(=N)c2cc(O[C@H](C)c3c(Cl)cncc3Cl)ccc2N)cnc1N1CCN(S(C)=O)CC1. The van der Waals surface area contributed by atoms with Gasteiger partial charge >= 0.3 is 0 Å². The highest BCUT2D eigenvalue weighted by Gasteiger charge is 2.24. The van der Waals surface area contributed by atoms with E-state index in [9.17, 15) is 4.21 Å². The van der Waals surface area contributed by atoms with E-state index < -0.39 is 17.1 Å². The van der Waals surface area contributed by atoms with Crippen molar-refractivity contribution >= 4 is 51.4 Å². The van der Waals surface area contributed by atoms with Crippen LogP contribution < -0.4 is 20.1 Å². The smallest absolute Gasteiger partial charge is 0.171 e. The zero-order chi connectivity index (χ0) is 26.7. The maximum Gasteiger partial charge on any atom is 0.171 e. The summed E-state index contributed by atoms with van der Waals surface area (Å²) in [7, 11) is 0.580.